The van der Waals surface area contributed by atoms with Gasteiger partial charge in [-0.2, -0.15) is 4.31 Å². The molecule has 2 heterocycles. The van der Waals surface area contributed by atoms with Crippen LogP contribution in [0.3, 0.4) is 0 Å². The highest BCUT2D eigenvalue weighted by atomic mass is 32.2. The Morgan fingerprint density at radius 1 is 1.06 bits per heavy atom. The maximum Gasteiger partial charge on any atom is 0.255 e. The van der Waals surface area contributed by atoms with Crippen LogP contribution in [0.2, 0.25) is 0 Å². The Morgan fingerprint density at radius 2 is 1.80 bits per heavy atom. The van der Waals surface area contributed by atoms with Crippen molar-refractivity contribution in [3.63, 3.8) is 0 Å². The van der Waals surface area contributed by atoms with Crippen LogP contribution in [-0.2, 0) is 16.6 Å². The van der Waals surface area contributed by atoms with E-state index in [1.165, 1.54) is 37.0 Å². The molecule has 3 aromatic rings. The number of carbonyl (C=O) groups is 1. The van der Waals surface area contributed by atoms with Crippen LogP contribution in [0.25, 0.3) is 0 Å². The second-order valence-electron chi connectivity index (χ2n) is 8.49. The third kappa shape index (κ3) is 5.63. The first-order chi connectivity index (χ1) is 16.9. The van der Waals surface area contributed by atoms with E-state index in [9.17, 15) is 13.2 Å². The van der Waals surface area contributed by atoms with Crippen molar-refractivity contribution in [1.29, 1.82) is 0 Å². The number of nitrogens with one attached hydrogen (secondary N) is 1. The van der Waals surface area contributed by atoms with Crippen LogP contribution in [0.5, 0.6) is 5.75 Å². The van der Waals surface area contributed by atoms with Crippen molar-refractivity contribution in [3.8, 4) is 5.75 Å². The molecule has 0 radical (unpaired) electrons. The van der Waals surface area contributed by atoms with Gasteiger partial charge in [-0.05, 0) is 55.2 Å². The van der Waals surface area contributed by atoms with E-state index in [0.717, 1.165) is 37.3 Å². The molecule has 1 saturated heterocycles. The number of benzene rings is 2. The average Bonchev–Trinajstić information content (AvgIpc) is 2.89. The van der Waals surface area contributed by atoms with Crippen LogP contribution >= 0.6 is 0 Å². The number of pyridine rings is 1. The Hall–Kier alpha value is -3.43. The van der Waals surface area contributed by atoms with Gasteiger partial charge in [0, 0.05) is 38.4 Å². The Morgan fingerprint density at radius 3 is 2.51 bits per heavy atom. The molecule has 0 bridgehead atoms. The minimum Gasteiger partial charge on any atom is -0.495 e. The molecule has 1 aliphatic heterocycles. The summed E-state index contributed by atoms with van der Waals surface area (Å²) in [5, 5.41) is 2.92. The van der Waals surface area contributed by atoms with Crippen LogP contribution in [0.15, 0.2) is 71.8 Å². The van der Waals surface area contributed by atoms with Gasteiger partial charge in [0.25, 0.3) is 5.91 Å². The zero-order valence-electron chi connectivity index (χ0n) is 20.0. The number of rotatable bonds is 8. The molecule has 1 fully saturated rings. The number of methoxy groups -OCH3 is 1. The Labute approximate surface area is 206 Å². The van der Waals surface area contributed by atoms with Crippen LogP contribution in [-0.4, -0.2) is 50.9 Å². The molecule has 0 unspecified atom stereocenters. The van der Waals surface area contributed by atoms with E-state index < -0.39 is 15.9 Å². The number of amides is 1. The smallest absolute Gasteiger partial charge is 0.255 e. The van der Waals surface area contributed by atoms with Gasteiger partial charge in [0.1, 0.15) is 10.6 Å². The second kappa shape index (κ2) is 10.9. The van der Waals surface area contributed by atoms with E-state index in [1.807, 2.05) is 36.4 Å². The maximum absolute atomic E-state index is 13.4. The van der Waals surface area contributed by atoms with Crippen molar-refractivity contribution >= 4 is 27.4 Å². The van der Waals surface area contributed by atoms with E-state index in [-0.39, 0.29) is 22.8 Å². The first kappa shape index (κ1) is 24.7. The largest absolute Gasteiger partial charge is 0.495 e. The van der Waals surface area contributed by atoms with Gasteiger partial charge in [-0.3, -0.25) is 4.79 Å². The van der Waals surface area contributed by atoms with Crippen molar-refractivity contribution in [1.82, 2.24) is 9.29 Å². The molecule has 0 atom stereocenters. The molecule has 0 saturated carbocycles. The number of hydrogen-bond donors (Lipinski definition) is 1. The molecule has 9 heteroatoms. The van der Waals surface area contributed by atoms with Crippen molar-refractivity contribution < 1.29 is 17.9 Å². The highest BCUT2D eigenvalue weighted by Crippen LogP contribution is 2.30. The van der Waals surface area contributed by atoms with E-state index in [1.54, 1.807) is 18.3 Å². The van der Waals surface area contributed by atoms with Gasteiger partial charge in [0.05, 0.1) is 12.8 Å². The average molecular weight is 495 g/mol. The molecular weight excluding hydrogens is 464 g/mol. The van der Waals surface area contributed by atoms with Gasteiger partial charge in [0.2, 0.25) is 10.0 Å². The molecule has 0 spiro atoms. The van der Waals surface area contributed by atoms with E-state index >= 15 is 0 Å². The standard InChI is InChI=1S/C26H30N4O4S/c1-29(19-20-10-5-3-6-11-20)35(32,33)24-18-21(13-14-23(24)34-2)26(31)28-22-12-9-15-27-25(22)30-16-7-4-8-17-30/h3,5-6,9-15,18H,4,7-8,16-17,19H2,1-2H3,(H,28,31). The van der Waals surface area contributed by atoms with Gasteiger partial charge in [-0.25, -0.2) is 13.4 Å². The molecule has 35 heavy (non-hydrogen) atoms. The van der Waals surface area contributed by atoms with Crippen LogP contribution in [0, 0.1) is 0 Å². The predicted molar refractivity (Wildman–Crippen MR) is 136 cm³/mol. The van der Waals surface area contributed by atoms with E-state index in [4.69, 9.17) is 4.74 Å². The zero-order chi connectivity index (χ0) is 24.8. The van der Waals surface area contributed by atoms with Crippen molar-refractivity contribution in [3.05, 3.63) is 78.0 Å². The maximum atomic E-state index is 13.4. The van der Waals surface area contributed by atoms with Gasteiger partial charge in [-0.1, -0.05) is 30.3 Å². The van der Waals surface area contributed by atoms with E-state index in [2.05, 4.69) is 15.2 Å². The van der Waals surface area contributed by atoms with Gasteiger partial charge < -0.3 is 15.0 Å². The number of anilines is 2. The fourth-order valence-corrected chi connectivity index (χ4v) is 5.50. The van der Waals surface area contributed by atoms with Crippen LogP contribution in [0.1, 0.15) is 35.2 Å². The van der Waals surface area contributed by atoms with Crippen molar-refractivity contribution in [2.75, 3.05) is 37.5 Å². The number of hydrogen-bond acceptors (Lipinski definition) is 6. The number of ether oxygens (including phenoxy) is 1. The summed E-state index contributed by atoms with van der Waals surface area (Å²) in [5.74, 6) is 0.488. The fraction of sp³-hybridized carbons (Fsp3) is 0.308. The minimum atomic E-state index is -3.93. The molecular formula is C26H30N4O4S. The van der Waals surface area contributed by atoms with Gasteiger partial charge >= 0.3 is 0 Å². The van der Waals surface area contributed by atoms with Crippen molar-refractivity contribution in [2.45, 2.75) is 30.7 Å². The summed E-state index contributed by atoms with van der Waals surface area (Å²) >= 11 is 0. The third-order valence-electron chi connectivity index (χ3n) is 6.05. The Balaban J connectivity index is 1.60. The summed E-state index contributed by atoms with van der Waals surface area (Å²) in [6, 6.07) is 17.3. The summed E-state index contributed by atoms with van der Waals surface area (Å²) in [6.45, 7) is 1.97. The van der Waals surface area contributed by atoms with Crippen LogP contribution in [0.4, 0.5) is 11.5 Å². The molecule has 8 nitrogen and oxygen atoms in total. The van der Waals surface area contributed by atoms with E-state index in [0.29, 0.717) is 5.69 Å². The zero-order valence-corrected chi connectivity index (χ0v) is 20.8. The molecule has 1 aromatic heterocycles. The summed E-state index contributed by atoms with van der Waals surface area (Å²) in [7, 11) is -1.01. The Bertz CT molecular complexity index is 1280. The highest BCUT2D eigenvalue weighted by Gasteiger charge is 2.27. The predicted octanol–water partition coefficient (Wildman–Crippen LogP) is 4.15. The lowest BCUT2D eigenvalue weighted by Gasteiger charge is -2.29. The fourth-order valence-electron chi connectivity index (χ4n) is 4.16. The second-order valence-corrected chi connectivity index (χ2v) is 10.5. The van der Waals surface area contributed by atoms with Gasteiger partial charge in [-0.15, -0.1) is 0 Å². The molecule has 1 aliphatic rings. The number of aromatic nitrogens is 1. The van der Waals surface area contributed by atoms with Crippen LogP contribution < -0.4 is 15.0 Å². The normalized spacial score (nSPS) is 14.1. The molecule has 1 amide bonds. The Kier molecular flexibility index (Phi) is 7.67. The third-order valence-corrected chi connectivity index (χ3v) is 7.88. The molecule has 0 aliphatic carbocycles. The van der Waals surface area contributed by atoms with Crippen molar-refractivity contribution in [2.24, 2.45) is 0 Å². The lowest BCUT2D eigenvalue weighted by Crippen LogP contribution is -2.31. The number of sulfonamides is 1. The molecule has 4 rings (SSSR count). The molecule has 184 valence electrons. The summed E-state index contributed by atoms with van der Waals surface area (Å²) in [6.07, 6.45) is 5.06. The quantitative estimate of drug-likeness (QED) is 0.506. The number of carbonyl (C=O) groups excluding carboxylic acids is 1. The number of piperidine rings is 1. The summed E-state index contributed by atoms with van der Waals surface area (Å²) in [5.41, 5.74) is 1.67. The number of nitrogens with zero attached hydrogens (tertiary/aromatic N) is 3. The first-order valence-corrected chi connectivity index (χ1v) is 13.0. The monoisotopic (exact) mass is 494 g/mol. The lowest BCUT2D eigenvalue weighted by atomic mass is 10.1. The summed E-state index contributed by atoms with van der Waals surface area (Å²) < 4.78 is 33.4. The first-order valence-electron chi connectivity index (χ1n) is 11.6. The molecule has 2 aromatic carbocycles. The minimum absolute atomic E-state index is 0.0616. The SMILES string of the molecule is COc1ccc(C(=O)Nc2cccnc2N2CCCCC2)cc1S(=O)(=O)N(C)Cc1ccccc1. The lowest BCUT2D eigenvalue weighted by molar-refractivity contribution is 0.102. The van der Waals surface area contributed by atoms with Gasteiger partial charge in [0.15, 0.2) is 5.82 Å². The molecule has 1 N–H and O–H groups in total. The summed E-state index contributed by atoms with van der Waals surface area (Å²) in [4.78, 5) is 19.8. The highest BCUT2D eigenvalue weighted by molar-refractivity contribution is 7.89. The topological polar surface area (TPSA) is 91.8 Å².